The Morgan fingerprint density at radius 1 is 0.683 bits per heavy atom. The van der Waals surface area contributed by atoms with Crippen molar-refractivity contribution >= 4 is 47.8 Å². The van der Waals surface area contributed by atoms with Crippen molar-refractivity contribution in [3.63, 3.8) is 0 Å². The number of aromatic nitrogens is 4. The zero-order chi connectivity index (χ0) is 41.7. The Bertz CT molecular complexity index is 2030. The van der Waals surface area contributed by atoms with Crippen LogP contribution in [-0.4, -0.2) is 78.8 Å². The first-order valence-corrected chi connectivity index (χ1v) is 23.7. The third-order valence-corrected chi connectivity index (χ3v) is 12.8. The Morgan fingerprint density at radius 3 is 1.55 bits per heavy atom. The SMILES string of the molecule is CSc1ccc(Cc2cc(C(=O)N[C@H]3CCCC[C@@H]3O)nc3c2CCCC3)cn1.C[S-].O=C(N[C@H]1CCCC[C@@H]1O)c1cc(Cc2ccc(Cl)nc2)c2c(n1)CCCC2.[Na+]. The zero-order valence-corrected chi connectivity index (χ0v) is 39.7. The first kappa shape index (κ1) is 48.5. The van der Waals surface area contributed by atoms with Crippen molar-refractivity contribution < 1.29 is 49.4 Å². The molecule has 4 N–H and O–H groups in total. The minimum atomic E-state index is -0.463. The Hall–Kier alpha value is -2.55. The molecule has 316 valence electrons. The van der Waals surface area contributed by atoms with Crippen LogP contribution in [0.25, 0.3) is 0 Å². The van der Waals surface area contributed by atoms with Crippen molar-refractivity contribution in [2.45, 2.75) is 145 Å². The van der Waals surface area contributed by atoms with E-state index in [0.717, 1.165) is 136 Å². The number of hydrogen-bond acceptors (Lipinski definition) is 10. The molecule has 60 heavy (non-hydrogen) atoms. The second-order valence-electron chi connectivity index (χ2n) is 16.0. The minimum Gasteiger partial charge on any atom is -0.796 e. The number of nitrogens with one attached hydrogen (secondary N) is 2. The number of pyridine rings is 4. The number of carbonyl (C=O) groups is 2. The van der Waals surface area contributed by atoms with Crippen molar-refractivity contribution in [2.24, 2.45) is 0 Å². The van der Waals surface area contributed by atoms with Gasteiger partial charge in [-0.2, -0.15) is 6.26 Å². The summed E-state index contributed by atoms with van der Waals surface area (Å²) < 4.78 is 0. The fourth-order valence-corrected chi connectivity index (χ4v) is 9.23. The normalized spacial score (nSPS) is 20.6. The number of rotatable bonds is 9. The van der Waals surface area contributed by atoms with Gasteiger partial charge in [-0.1, -0.05) is 49.4 Å². The van der Waals surface area contributed by atoms with E-state index in [1.165, 1.54) is 23.1 Å². The van der Waals surface area contributed by atoms with Gasteiger partial charge < -0.3 is 33.5 Å². The van der Waals surface area contributed by atoms with Gasteiger partial charge in [0, 0.05) is 23.8 Å². The first-order valence-electron chi connectivity index (χ1n) is 21.3. The smallest absolute Gasteiger partial charge is 0.796 e. The van der Waals surface area contributed by atoms with Crippen LogP contribution >= 0.6 is 23.4 Å². The van der Waals surface area contributed by atoms with Gasteiger partial charge >= 0.3 is 29.6 Å². The van der Waals surface area contributed by atoms with Gasteiger partial charge in [-0.05, 0) is 154 Å². The molecule has 4 aromatic heterocycles. The maximum atomic E-state index is 12.9. The molecule has 4 aliphatic carbocycles. The molecule has 0 unspecified atom stereocenters. The Balaban J connectivity index is 0.000000215. The summed E-state index contributed by atoms with van der Waals surface area (Å²) in [5, 5.41) is 27.9. The van der Waals surface area contributed by atoms with Crippen molar-refractivity contribution in [1.82, 2.24) is 30.6 Å². The third-order valence-electron chi connectivity index (χ3n) is 11.9. The maximum absolute atomic E-state index is 12.9. The number of aliphatic hydroxyl groups is 2. The molecule has 0 saturated heterocycles. The predicted molar refractivity (Wildman–Crippen MR) is 237 cm³/mol. The van der Waals surface area contributed by atoms with Gasteiger partial charge in [0.05, 0.1) is 29.3 Å². The van der Waals surface area contributed by atoms with E-state index >= 15 is 0 Å². The largest absolute Gasteiger partial charge is 1.00 e. The number of thioether (sulfide) groups is 1. The number of amides is 2. The van der Waals surface area contributed by atoms with Gasteiger partial charge in [-0.3, -0.25) is 9.59 Å². The fraction of sp³-hybridized carbons (Fsp3) is 0.522. The van der Waals surface area contributed by atoms with Crippen LogP contribution in [0.4, 0.5) is 0 Å². The molecule has 2 fully saturated rings. The zero-order valence-electron chi connectivity index (χ0n) is 35.4. The molecular formula is C46H58ClN6NaO4S2. The van der Waals surface area contributed by atoms with Crippen molar-refractivity contribution in [2.75, 3.05) is 12.5 Å². The number of carbonyl (C=O) groups excluding carboxylic acids is 2. The third kappa shape index (κ3) is 13.2. The van der Waals surface area contributed by atoms with E-state index in [2.05, 4.69) is 44.3 Å². The number of fused-ring (bicyclic) bond motifs is 2. The van der Waals surface area contributed by atoms with Gasteiger partial charge in [0.25, 0.3) is 11.8 Å². The number of hydrogen-bond donors (Lipinski definition) is 4. The van der Waals surface area contributed by atoms with Crippen LogP contribution in [-0.2, 0) is 51.2 Å². The number of nitrogens with zero attached hydrogens (tertiary/aromatic N) is 4. The molecule has 0 spiro atoms. The summed E-state index contributed by atoms with van der Waals surface area (Å²) >= 11 is 11.6. The number of aryl methyl sites for hydroxylation is 2. The van der Waals surface area contributed by atoms with Crippen LogP contribution in [0.3, 0.4) is 0 Å². The van der Waals surface area contributed by atoms with Crippen molar-refractivity contribution in [3.05, 3.63) is 110 Å². The maximum Gasteiger partial charge on any atom is 1.00 e. The Labute approximate surface area is 392 Å². The van der Waals surface area contributed by atoms with Gasteiger partial charge in [0.15, 0.2) is 0 Å². The number of halogens is 1. The predicted octanol–water partition coefficient (Wildman–Crippen LogP) is 4.50. The van der Waals surface area contributed by atoms with Gasteiger partial charge in [0.2, 0.25) is 0 Å². The minimum absolute atomic E-state index is 0. The molecule has 0 bridgehead atoms. The standard InChI is InChI=1S/C23H29N3O2S.C22H26ClN3O2.CH4S.Na/c1-29-22-11-10-15(14-24-22)12-16-13-20(25-18-7-3-2-6-17(16)18)23(28)26-19-8-4-5-9-21(19)27;23-21-10-9-14(13-24-21)11-15-12-19(25-17-6-2-1-5-16(15)17)22(28)26-18-7-3-4-8-20(18)27;1-2;/h10-11,13-14,19,21,27H,2-9,12H2,1H3,(H,26,28);9-10,12-13,18,20,27H,1-8,11H2,(H,26,28);2H,1H3;/q;;;+1/p-1/t19-,21-;18-,20-;;/m00../s1. The van der Waals surface area contributed by atoms with Gasteiger partial charge in [-0.15, -0.1) is 11.8 Å². The average molecular weight is 882 g/mol. The molecule has 4 aromatic rings. The molecule has 14 heteroatoms. The summed E-state index contributed by atoms with van der Waals surface area (Å²) in [4.78, 5) is 43.9. The molecule has 2 saturated carbocycles. The molecule has 2 amide bonds. The second-order valence-corrected chi connectivity index (χ2v) is 17.2. The van der Waals surface area contributed by atoms with E-state index in [1.807, 2.05) is 36.7 Å². The van der Waals surface area contributed by atoms with E-state index in [9.17, 15) is 19.8 Å². The van der Waals surface area contributed by atoms with E-state index in [-0.39, 0.29) is 53.5 Å². The summed E-state index contributed by atoms with van der Waals surface area (Å²) in [5.41, 5.74) is 10.2. The summed E-state index contributed by atoms with van der Waals surface area (Å²) in [6.45, 7) is 0. The molecule has 10 nitrogen and oxygen atoms in total. The number of aliphatic hydroxyl groups excluding tert-OH is 2. The topological polar surface area (TPSA) is 150 Å². The molecule has 4 atom stereocenters. The van der Waals surface area contributed by atoms with Crippen LogP contribution in [0.2, 0.25) is 5.15 Å². The molecule has 4 heterocycles. The van der Waals surface area contributed by atoms with Crippen LogP contribution in [0.5, 0.6) is 0 Å². The van der Waals surface area contributed by atoms with Crippen LogP contribution < -0.4 is 40.2 Å². The molecule has 0 aromatic carbocycles. The van der Waals surface area contributed by atoms with Crippen LogP contribution in [0.15, 0.2) is 53.8 Å². The first-order chi connectivity index (χ1) is 28.7. The average Bonchev–Trinajstić information content (AvgIpc) is 3.27. The van der Waals surface area contributed by atoms with Crippen molar-refractivity contribution in [1.29, 1.82) is 0 Å². The second kappa shape index (κ2) is 24.3. The molecule has 8 rings (SSSR count). The molecule has 0 aliphatic heterocycles. The van der Waals surface area contributed by atoms with E-state index in [1.54, 1.807) is 30.3 Å². The molecule has 0 radical (unpaired) electrons. The van der Waals surface area contributed by atoms with Gasteiger partial charge in [-0.25, -0.2) is 19.9 Å². The van der Waals surface area contributed by atoms with Gasteiger partial charge in [0.1, 0.15) is 16.5 Å². The summed E-state index contributed by atoms with van der Waals surface area (Å²) in [7, 11) is 0. The van der Waals surface area contributed by atoms with Crippen molar-refractivity contribution in [3.8, 4) is 0 Å². The monoisotopic (exact) mass is 880 g/mol. The quantitative estimate of drug-likeness (QED) is 0.0820. The fourth-order valence-electron chi connectivity index (χ4n) is 8.76. The summed E-state index contributed by atoms with van der Waals surface area (Å²) in [6, 6.07) is 11.5. The summed E-state index contributed by atoms with van der Waals surface area (Å²) in [6.07, 6.45) is 23.6. The summed E-state index contributed by atoms with van der Waals surface area (Å²) in [5.74, 6) is -0.351. The van der Waals surface area contributed by atoms with E-state index in [0.29, 0.717) is 23.0 Å². The van der Waals surface area contributed by atoms with Crippen LogP contribution in [0, 0.1) is 0 Å². The Kier molecular flexibility index (Phi) is 19.7. The van der Waals surface area contributed by atoms with Crippen LogP contribution in [0.1, 0.15) is 143 Å². The molecular weight excluding hydrogens is 823 g/mol. The Morgan fingerprint density at radius 2 is 1.13 bits per heavy atom. The van der Waals surface area contributed by atoms with E-state index in [4.69, 9.17) is 16.6 Å². The van der Waals surface area contributed by atoms with E-state index < -0.39 is 12.2 Å². The molecule has 4 aliphatic rings.